The van der Waals surface area contributed by atoms with Crippen molar-refractivity contribution in [3.05, 3.63) is 33.8 Å². The lowest BCUT2D eigenvalue weighted by molar-refractivity contribution is -0.148. The van der Waals surface area contributed by atoms with Gasteiger partial charge in [-0.2, -0.15) is 0 Å². The number of nitrogens with two attached hydrogens (primary N) is 1. The number of hydrogen-bond donors (Lipinski definition) is 1. The van der Waals surface area contributed by atoms with E-state index in [-0.39, 0.29) is 6.04 Å². The molecule has 1 aliphatic rings. The first kappa shape index (κ1) is 12.5. The first-order valence-electron chi connectivity index (χ1n) is 6.11. The number of hydrogen-bond acceptors (Lipinski definition) is 4. The third kappa shape index (κ3) is 2.64. The van der Waals surface area contributed by atoms with Crippen LogP contribution in [0.15, 0.2) is 24.1 Å². The summed E-state index contributed by atoms with van der Waals surface area (Å²) in [5, 5.41) is 2.02. The minimum Gasteiger partial charge on any atom is -0.387 e. The van der Waals surface area contributed by atoms with Gasteiger partial charge in [-0.05, 0) is 32.4 Å². The smallest absolute Gasteiger partial charge is 0.207 e. The molecule has 2 unspecified atom stereocenters. The molecule has 0 saturated carbocycles. The number of hydroxylamine groups is 2. The molecule has 0 aliphatic carbocycles. The summed E-state index contributed by atoms with van der Waals surface area (Å²) >= 11 is 1.80. The van der Waals surface area contributed by atoms with E-state index in [1.165, 1.54) is 9.75 Å². The molecule has 17 heavy (non-hydrogen) atoms. The van der Waals surface area contributed by atoms with Gasteiger partial charge in [-0.3, -0.25) is 0 Å². The maximum Gasteiger partial charge on any atom is 0.207 e. The van der Waals surface area contributed by atoms with Gasteiger partial charge in [-0.1, -0.05) is 13.3 Å². The summed E-state index contributed by atoms with van der Waals surface area (Å²) in [5.41, 5.74) is 5.80. The van der Waals surface area contributed by atoms with Crippen LogP contribution in [0.3, 0.4) is 0 Å². The Kier molecular flexibility index (Phi) is 3.74. The van der Waals surface area contributed by atoms with E-state index in [1.807, 2.05) is 11.1 Å². The van der Waals surface area contributed by atoms with Crippen LogP contribution in [0, 0.1) is 6.92 Å². The molecule has 2 N–H and O–H groups in total. The van der Waals surface area contributed by atoms with Gasteiger partial charge in [0.05, 0.1) is 0 Å². The minimum atomic E-state index is 0.176. The molecule has 1 aliphatic heterocycles. The largest absolute Gasteiger partial charge is 0.387 e. The van der Waals surface area contributed by atoms with Crippen LogP contribution in [0.1, 0.15) is 42.5 Å². The minimum absolute atomic E-state index is 0.176. The molecule has 0 aromatic carbocycles. The summed E-state index contributed by atoms with van der Waals surface area (Å²) in [6, 6.07) is 4.86. The van der Waals surface area contributed by atoms with Gasteiger partial charge in [0.1, 0.15) is 6.04 Å². The molecule has 2 rings (SSSR count). The maximum absolute atomic E-state index is 5.80. The van der Waals surface area contributed by atoms with E-state index in [0.29, 0.717) is 11.9 Å². The number of rotatable bonds is 4. The van der Waals surface area contributed by atoms with Crippen LogP contribution < -0.4 is 5.73 Å². The van der Waals surface area contributed by atoms with Crippen molar-refractivity contribution in [3.8, 4) is 0 Å². The molecule has 3 nitrogen and oxygen atoms in total. The van der Waals surface area contributed by atoms with E-state index in [9.17, 15) is 0 Å². The number of aryl methyl sites for hydroxylation is 1. The zero-order chi connectivity index (χ0) is 12.4. The fourth-order valence-corrected chi connectivity index (χ4v) is 3.10. The molecule has 0 spiro atoms. The molecule has 0 radical (unpaired) electrons. The van der Waals surface area contributed by atoms with E-state index in [0.717, 1.165) is 12.8 Å². The standard InChI is InChI=1S/C13H20N2OS/c1-4-5-9(2)15-11(8-13(14)16-15)12-7-6-10(3)17-12/h6-9,11H,4-5,14H2,1-3H3. The van der Waals surface area contributed by atoms with Crippen LogP contribution in [-0.2, 0) is 4.84 Å². The second kappa shape index (κ2) is 5.10. The summed E-state index contributed by atoms with van der Waals surface area (Å²) in [6.07, 6.45) is 4.26. The molecule has 0 amide bonds. The topological polar surface area (TPSA) is 38.5 Å². The number of thiophene rings is 1. The fourth-order valence-electron chi connectivity index (χ4n) is 2.17. The van der Waals surface area contributed by atoms with Gasteiger partial charge in [0, 0.05) is 21.9 Å². The SMILES string of the molecule is CCCC(C)N1OC(N)=CC1c1ccc(C)s1. The summed E-state index contributed by atoms with van der Waals surface area (Å²) in [4.78, 5) is 8.25. The van der Waals surface area contributed by atoms with Crippen molar-refractivity contribution < 1.29 is 4.84 Å². The van der Waals surface area contributed by atoms with E-state index < -0.39 is 0 Å². The normalized spacial score (nSPS) is 22.3. The molecule has 4 heteroatoms. The van der Waals surface area contributed by atoms with Gasteiger partial charge in [-0.25, -0.2) is 0 Å². The van der Waals surface area contributed by atoms with Crippen LogP contribution in [-0.4, -0.2) is 11.1 Å². The Morgan fingerprint density at radius 3 is 2.88 bits per heavy atom. The van der Waals surface area contributed by atoms with Gasteiger partial charge in [-0.15, -0.1) is 16.4 Å². The molecule has 94 valence electrons. The Morgan fingerprint density at radius 1 is 1.53 bits per heavy atom. The molecule has 1 aromatic rings. The Labute approximate surface area is 107 Å². The van der Waals surface area contributed by atoms with Crippen LogP contribution in [0.4, 0.5) is 0 Å². The summed E-state index contributed by atoms with van der Waals surface area (Å²) in [7, 11) is 0. The van der Waals surface area contributed by atoms with Gasteiger partial charge >= 0.3 is 0 Å². The molecule has 1 aromatic heterocycles. The predicted molar refractivity (Wildman–Crippen MR) is 71.4 cm³/mol. The van der Waals surface area contributed by atoms with Crippen molar-refractivity contribution >= 4 is 11.3 Å². The average Bonchev–Trinajstić information content (AvgIpc) is 2.84. The highest BCUT2D eigenvalue weighted by Gasteiger charge is 2.31. The van der Waals surface area contributed by atoms with E-state index in [1.54, 1.807) is 11.3 Å². The molecule has 0 saturated heterocycles. The van der Waals surface area contributed by atoms with Crippen molar-refractivity contribution in [1.29, 1.82) is 0 Å². The Balaban J connectivity index is 2.18. The molecule has 2 heterocycles. The molecular weight excluding hydrogens is 232 g/mol. The highest BCUT2D eigenvalue weighted by Crippen LogP contribution is 2.35. The lowest BCUT2D eigenvalue weighted by atomic mass is 10.1. The fraction of sp³-hybridized carbons (Fsp3) is 0.538. The molecular formula is C13H20N2OS. The number of nitrogens with zero attached hydrogens (tertiary/aromatic N) is 1. The third-order valence-electron chi connectivity index (χ3n) is 3.00. The van der Waals surface area contributed by atoms with Crippen molar-refractivity contribution in [2.24, 2.45) is 5.73 Å². The third-order valence-corrected chi connectivity index (χ3v) is 4.07. The first-order valence-corrected chi connectivity index (χ1v) is 6.93. The van der Waals surface area contributed by atoms with Crippen molar-refractivity contribution in [3.63, 3.8) is 0 Å². The lowest BCUT2D eigenvalue weighted by Crippen LogP contribution is -2.32. The zero-order valence-corrected chi connectivity index (χ0v) is 11.5. The Morgan fingerprint density at radius 2 is 2.29 bits per heavy atom. The summed E-state index contributed by atoms with van der Waals surface area (Å²) < 4.78 is 0. The van der Waals surface area contributed by atoms with Gasteiger partial charge in [0.15, 0.2) is 0 Å². The monoisotopic (exact) mass is 252 g/mol. The zero-order valence-electron chi connectivity index (χ0n) is 10.6. The maximum atomic E-state index is 5.80. The summed E-state index contributed by atoms with van der Waals surface area (Å²) in [6.45, 7) is 6.49. The molecule has 0 bridgehead atoms. The van der Waals surface area contributed by atoms with Crippen LogP contribution in [0.2, 0.25) is 0 Å². The Hall–Kier alpha value is -1.00. The molecule has 0 fully saturated rings. The van der Waals surface area contributed by atoms with E-state index in [4.69, 9.17) is 10.6 Å². The van der Waals surface area contributed by atoms with E-state index in [2.05, 4.69) is 32.9 Å². The van der Waals surface area contributed by atoms with E-state index >= 15 is 0 Å². The second-order valence-corrected chi connectivity index (χ2v) is 5.87. The first-order chi connectivity index (χ1) is 8.11. The van der Waals surface area contributed by atoms with Crippen LogP contribution in [0.25, 0.3) is 0 Å². The average molecular weight is 252 g/mol. The van der Waals surface area contributed by atoms with Gasteiger partial charge in [0.2, 0.25) is 5.88 Å². The van der Waals surface area contributed by atoms with Crippen molar-refractivity contribution in [1.82, 2.24) is 5.06 Å². The quantitative estimate of drug-likeness (QED) is 0.893. The second-order valence-electron chi connectivity index (χ2n) is 4.55. The van der Waals surface area contributed by atoms with Crippen molar-refractivity contribution in [2.45, 2.75) is 45.7 Å². The van der Waals surface area contributed by atoms with Gasteiger partial charge < -0.3 is 10.6 Å². The van der Waals surface area contributed by atoms with Crippen molar-refractivity contribution in [2.75, 3.05) is 0 Å². The van der Waals surface area contributed by atoms with Crippen LogP contribution in [0.5, 0.6) is 0 Å². The Bertz CT molecular complexity index is 413. The molecule has 2 atom stereocenters. The highest BCUT2D eigenvalue weighted by molar-refractivity contribution is 7.12. The lowest BCUT2D eigenvalue weighted by Gasteiger charge is -2.27. The predicted octanol–water partition coefficient (Wildman–Crippen LogP) is 3.33. The van der Waals surface area contributed by atoms with Gasteiger partial charge in [0.25, 0.3) is 0 Å². The summed E-state index contributed by atoms with van der Waals surface area (Å²) in [5.74, 6) is 0.518. The van der Waals surface area contributed by atoms with Crippen LogP contribution >= 0.6 is 11.3 Å². The highest BCUT2D eigenvalue weighted by atomic mass is 32.1.